The number of nitrogens with zero attached hydrogens (tertiary/aromatic N) is 2. The minimum Gasteiger partial charge on any atom is -0.338 e. The first-order valence-electron chi connectivity index (χ1n) is 7.27. The van der Waals surface area contributed by atoms with Gasteiger partial charge in [-0.2, -0.15) is 0 Å². The Kier molecular flexibility index (Phi) is 6.01. The van der Waals surface area contributed by atoms with Crippen molar-refractivity contribution in [3.05, 3.63) is 22.4 Å². The van der Waals surface area contributed by atoms with Crippen molar-refractivity contribution in [2.45, 2.75) is 6.92 Å². The van der Waals surface area contributed by atoms with E-state index in [-0.39, 0.29) is 11.9 Å². The summed E-state index contributed by atoms with van der Waals surface area (Å²) in [6.45, 7) is 7.18. The van der Waals surface area contributed by atoms with Crippen LogP contribution in [-0.2, 0) is 0 Å². The van der Waals surface area contributed by atoms with Crippen molar-refractivity contribution >= 4 is 23.3 Å². The Hall–Kier alpha value is -1.60. The van der Waals surface area contributed by atoms with Crippen LogP contribution in [0, 0.1) is 0 Å². The lowest BCUT2D eigenvalue weighted by Crippen LogP contribution is -2.50. The van der Waals surface area contributed by atoms with Crippen molar-refractivity contribution < 1.29 is 9.59 Å². The number of hydrogen-bond acceptors (Lipinski definition) is 4. The fraction of sp³-hybridized carbons (Fsp3) is 0.571. The number of carbonyl (C=O) groups is 2. The molecule has 0 bridgehead atoms. The number of rotatable bonds is 5. The van der Waals surface area contributed by atoms with E-state index in [4.69, 9.17) is 0 Å². The Labute approximate surface area is 129 Å². The summed E-state index contributed by atoms with van der Waals surface area (Å²) in [6.07, 6.45) is 0. The van der Waals surface area contributed by atoms with Gasteiger partial charge >= 0.3 is 6.03 Å². The zero-order chi connectivity index (χ0) is 15.1. The van der Waals surface area contributed by atoms with E-state index in [2.05, 4.69) is 15.5 Å². The van der Waals surface area contributed by atoms with E-state index in [1.165, 1.54) is 11.3 Å². The van der Waals surface area contributed by atoms with Gasteiger partial charge in [0.25, 0.3) is 5.91 Å². The van der Waals surface area contributed by atoms with E-state index in [1.807, 2.05) is 29.3 Å². The molecule has 0 unspecified atom stereocenters. The summed E-state index contributed by atoms with van der Waals surface area (Å²) in [5, 5.41) is 7.44. The van der Waals surface area contributed by atoms with Crippen molar-refractivity contribution in [2.75, 3.05) is 45.8 Å². The molecule has 3 amide bonds. The topological polar surface area (TPSA) is 64.7 Å². The highest BCUT2D eigenvalue weighted by Gasteiger charge is 2.22. The summed E-state index contributed by atoms with van der Waals surface area (Å²) in [5.74, 6) is 0.130. The SMILES string of the molecule is CCNC(=O)NCCN1CCN(C(=O)c2cccs2)CC1. The maximum atomic E-state index is 12.2. The smallest absolute Gasteiger partial charge is 0.314 e. The van der Waals surface area contributed by atoms with Gasteiger partial charge < -0.3 is 15.5 Å². The van der Waals surface area contributed by atoms with Gasteiger partial charge in [-0.05, 0) is 18.4 Å². The highest BCUT2D eigenvalue weighted by Crippen LogP contribution is 2.13. The Morgan fingerprint density at radius 3 is 2.62 bits per heavy atom. The molecule has 2 rings (SSSR count). The molecule has 0 radical (unpaired) electrons. The predicted octanol–water partition coefficient (Wildman–Crippen LogP) is 0.825. The lowest BCUT2D eigenvalue weighted by atomic mass is 10.3. The van der Waals surface area contributed by atoms with Crippen molar-refractivity contribution in [1.29, 1.82) is 0 Å². The summed E-state index contributed by atoms with van der Waals surface area (Å²) in [7, 11) is 0. The Morgan fingerprint density at radius 1 is 1.24 bits per heavy atom. The van der Waals surface area contributed by atoms with Crippen molar-refractivity contribution in [2.24, 2.45) is 0 Å². The number of hydrogen-bond donors (Lipinski definition) is 2. The number of nitrogens with one attached hydrogen (secondary N) is 2. The molecule has 1 aliphatic rings. The molecule has 1 aliphatic heterocycles. The Balaban J connectivity index is 1.66. The second kappa shape index (κ2) is 7.99. The van der Waals surface area contributed by atoms with Gasteiger partial charge in [-0.1, -0.05) is 6.07 Å². The van der Waals surface area contributed by atoms with Crippen LogP contribution in [-0.4, -0.2) is 67.6 Å². The largest absolute Gasteiger partial charge is 0.338 e. The summed E-state index contributed by atoms with van der Waals surface area (Å²) in [4.78, 5) is 28.4. The third kappa shape index (κ3) is 4.71. The molecule has 2 heterocycles. The number of urea groups is 1. The van der Waals surface area contributed by atoms with Crippen molar-refractivity contribution in [1.82, 2.24) is 20.4 Å². The summed E-state index contributed by atoms with van der Waals surface area (Å²) in [6, 6.07) is 3.65. The molecule has 21 heavy (non-hydrogen) atoms. The number of thiophene rings is 1. The molecular formula is C14H22N4O2S. The molecular weight excluding hydrogens is 288 g/mol. The van der Waals surface area contributed by atoms with Crippen LogP contribution in [0.3, 0.4) is 0 Å². The molecule has 1 saturated heterocycles. The van der Waals surface area contributed by atoms with E-state index < -0.39 is 0 Å². The lowest BCUT2D eigenvalue weighted by molar-refractivity contribution is 0.0644. The van der Waals surface area contributed by atoms with Gasteiger partial charge in [-0.25, -0.2) is 4.79 Å². The van der Waals surface area contributed by atoms with Crippen LogP contribution in [0.5, 0.6) is 0 Å². The van der Waals surface area contributed by atoms with Gasteiger partial charge in [0.2, 0.25) is 0 Å². The second-order valence-corrected chi connectivity index (χ2v) is 5.85. The van der Waals surface area contributed by atoms with Gasteiger partial charge in [-0.3, -0.25) is 9.69 Å². The lowest BCUT2D eigenvalue weighted by Gasteiger charge is -2.34. The summed E-state index contributed by atoms with van der Waals surface area (Å²) < 4.78 is 0. The minimum atomic E-state index is -0.121. The van der Waals surface area contributed by atoms with Crippen LogP contribution in [0.25, 0.3) is 0 Å². The quantitative estimate of drug-likeness (QED) is 0.846. The molecule has 1 aromatic rings. The monoisotopic (exact) mass is 310 g/mol. The first-order valence-corrected chi connectivity index (χ1v) is 8.15. The zero-order valence-corrected chi connectivity index (χ0v) is 13.1. The third-order valence-electron chi connectivity index (χ3n) is 3.44. The first-order chi connectivity index (χ1) is 10.2. The normalized spacial score (nSPS) is 15.8. The van der Waals surface area contributed by atoms with Gasteiger partial charge in [0.15, 0.2) is 0 Å². The first kappa shape index (κ1) is 15.8. The van der Waals surface area contributed by atoms with Gasteiger partial charge in [0.05, 0.1) is 4.88 Å². The molecule has 0 aliphatic carbocycles. The minimum absolute atomic E-state index is 0.121. The highest BCUT2D eigenvalue weighted by molar-refractivity contribution is 7.12. The molecule has 7 heteroatoms. The molecule has 116 valence electrons. The Bertz CT molecular complexity index is 456. The van der Waals surface area contributed by atoms with Crippen molar-refractivity contribution in [3.8, 4) is 0 Å². The molecule has 0 spiro atoms. The van der Waals surface area contributed by atoms with Crippen LogP contribution < -0.4 is 10.6 Å². The van der Waals surface area contributed by atoms with Crippen LogP contribution in [0.2, 0.25) is 0 Å². The maximum Gasteiger partial charge on any atom is 0.314 e. The van der Waals surface area contributed by atoms with Crippen molar-refractivity contribution in [3.63, 3.8) is 0 Å². The average molecular weight is 310 g/mol. The van der Waals surface area contributed by atoms with E-state index in [0.717, 1.165) is 37.6 Å². The van der Waals surface area contributed by atoms with E-state index >= 15 is 0 Å². The number of amides is 3. The number of carbonyl (C=O) groups excluding carboxylic acids is 2. The third-order valence-corrected chi connectivity index (χ3v) is 4.30. The average Bonchev–Trinajstić information content (AvgIpc) is 3.02. The van der Waals surface area contributed by atoms with E-state index in [1.54, 1.807) is 0 Å². The fourth-order valence-electron chi connectivity index (χ4n) is 2.28. The molecule has 1 fully saturated rings. The number of piperazine rings is 1. The fourth-order valence-corrected chi connectivity index (χ4v) is 2.97. The summed E-state index contributed by atoms with van der Waals surface area (Å²) in [5.41, 5.74) is 0. The van der Waals surface area contributed by atoms with Gasteiger partial charge in [0, 0.05) is 45.8 Å². The standard InChI is InChI=1S/C14H22N4O2S/c1-2-15-14(20)16-5-6-17-7-9-18(10-8-17)13(19)12-4-3-11-21-12/h3-4,11H,2,5-10H2,1H3,(H2,15,16,20). The van der Waals surface area contributed by atoms with Crippen LogP contribution in [0.15, 0.2) is 17.5 Å². The molecule has 0 atom stereocenters. The highest BCUT2D eigenvalue weighted by atomic mass is 32.1. The molecule has 0 aromatic carbocycles. The van der Waals surface area contributed by atoms with Gasteiger partial charge in [0.1, 0.15) is 0 Å². The molecule has 2 N–H and O–H groups in total. The zero-order valence-electron chi connectivity index (χ0n) is 12.3. The second-order valence-electron chi connectivity index (χ2n) is 4.90. The Morgan fingerprint density at radius 2 is 2.00 bits per heavy atom. The predicted molar refractivity (Wildman–Crippen MR) is 83.7 cm³/mol. The van der Waals surface area contributed by atoms with E-state index in [0.29, 0.717) is 13.1 Å². The van der Waals surface area contributed by atoms with Crippen LogP contribution in [0.1, 0.15) is 16.6 Å². The molecule has 6 nitrogen and oxygen atoms in total. The van der Waals surface area contributed by atoms with Crippen LogP contribution in [0.4, 0.5) is 4.79 Å². The molecule has 1 aromatic heterocycles. The van der Waals surface area contributed by atoms with Crippen LogP contribution >= 0.6 is 11.3 Å². The van der Waals surface area contributed by atoms with E-state index in [9.17, 15) is 9.59 Å². The summed E-state index contributed by atoms with van der Waals surface area (Å²) >= 11 is 1.49. The van der Waals surface area contributed by atoms with Gasteiger partial charge in [-0.15, -0.1) is 11.3 Å². The maximum absolute atomic E-state index is 12.2. The molecule has 0 saturated carbocycles.